The van der Waals surface area contributed by atoms with Crippen molar-refractivity contribution < 1.29 is 9.47 Å². The molecule has 106 valence electrons. The topological polar surface area (TPSA) is 44.5 Å². The van der Waals surface area contributed by atoms with E-state index in [0.717, 1.165) is 30.1 Å². The van der Waals surface area contributed by atoms with Crippen molar-refractivity contribution in [2.45, 2.75) is 19.4 Å². The Morgan fingerprint density at radius 1 is 0.950 bits per heavy atom. The third-order valence-corrected chi connectivity index (χ3v) is 3.16. The fourth-order valence-electron chi connectivity index (χ4n) is 1.92. The number of hydrogen-bond acceptors (Lipinski definition) is 3. The SMILES string of the molecule is COCCc1ccc(Oc2ccc([C@H](C)N)cc2)cc1. The standard InChI is InChI=1S/C17H21NO2/c1-13(18)15-5-9-17(10-6-15)20-16-7-3-14(4-8-16)11-12-19-2/h3-10,13H,11-12,18H2,1-2H3/t13-/m0/s1. The summed E-state index contributed by atoms with van der Waals surface area (Å²) in [6, 6.07) is 16.0. The molecule has 2 N–H and O–H groups in total. The van der Waals surface area contributed by atoms with Crippen LogP contribution in [0.1, 0.15) is 24.1 Å². The number of rotatable bonds is 6. The van der Waals surface area contributed by atoms with Gasteiger partial charge in [-0.15, -0.1) is 0 Å². The molecule has 0 saturated carbocycles. The molecule has 0 fully saturated rings. The second-order valence-corrected chi connectivity index (χ2v) is 4.85. The second kappa shape index (κ2) is 7.08. The van der Waals surface area contributed by atoms with E-state index < -0.39 is 0 Å². The third kappa shape index (κ3) is 4.08. The Bertz CT molecular complexity index is 518. The van der Waals surface area contributed by atoms with Crippen molar-refractivity contribution >= 4 is 0 Å². The number of methoxy groups -OCH3 is 1. The van der Waals surface area contributed by atoms with E-state index in [1.807, 2.05) is 43.3 Å². The lowest BCUT2D eigenvalue weighted by Crippen LogP contribution is -2.04. The molecule has 3 nitrogen and oxygen atoms in total. The van der Waals surface area contributed by atoms with Crippen LogP contribution in [0, 0.1) is 0 Å². The molecule has 0 aliphatic rings. The van der Waals surface area contributed by atoms with Gasteiger partial charge in [-0.1, -0.05) is 24.3 Å². The zero-order valence-corrected chi connectivity index (χ0v) is 12.0. The van der Waals surface area contributed by atoms with E-state index in [9.17, 15) is 0 Å². The Hall–Kier alpha value is -1.84. The molecule has 3 heteroatoms. The number of ether oxygens (including phenoxy) is 2. The van der Waals surface area contributed by atoms with Crippen molar-refractivity contribution in [2.24, 2.45) is 5.73 Å². The third-order valence-electron chi connectivity index (χ3n) is 3.16. The first-order chi connectivity index (χ1) is 9.69. The molecule has 2 aromatic carbocycles. The van der Waals surface area contributed by atoms with E-state index in [-0.39, 0.29) is 6.04 Å². The Morgan fingerprint density at radius 3 is 2.00 bits per heavy atom. The first-order valence-electron chi connectivity index (χ1n) is 6.80. The molecule has 2 aromatic rings. The maximum atomic E-state index is 5.82. The lowest BCUT2D eigenvalue weighted by molar-refractivity contribution is 0.202. The van der Waals surface area contributed by atoms with Crippen molar-refractivity contribution in [1.82, 2.24) is 0 Å². The minimum atomic E-state index is 0.0455. The Morgan fingerprint density at radius 2 is 1.50 bits per heavy atom. The van der Waals surface area contributed by atoms with Gasteiger partial charge in [0.1, 0.15) is 11.5 Å². The van der Waals surface area contributed by atoms with Gasteiger partial charge in [0.15, 0.2) is 0 Å². The van der Waals surface area contributed by atoms with E-state index >= 15 is 0 Å². The average Bonchev–Trinajstić information content (AvgIpc) is 2.47. The van der Waals surface area contributed by atoms with Gasteiger partial charge in [-0.3, -0.25) is 0 Å². The van der Waals surface area contributed by atoms with Gasteiger partial charge in [0, 0.05) is 13.2 Å². The maximum absolute atomic E-state index is 5.82. The van der Waals surface area contributed by atoms with Gasteiger partial charge >= 0.3 is 0 Å². The van der Waals surface area contributed by atoms with E-state index in [2.05, 4.69) is 12.1 Å². The first-order valence-corrected chi connectivity index (χ1v) is 6.80. The largest absolute Gasteiger partial charge is 0.457 e. The first kappa shape index (κ1) is 14.6. The van der Waals surface area contributed by atoms with Crippen LogP contribution in [-0.4, -0.2) is 13.7 Å². The van der Waals surface area contributed by atoms with Crippen LogP contribution in [0.5, 0.6) is 11.5 Å². The van der Waals surface area contributed by atoms with Crippen LogP contribution in [-0.2, 0) is 11.2 Å². The monoisotopic (exact) mass is 271 g/mol. The molecule has 0 aliphatic heterocycles. The average molecular weight is 271 g/mol. The molecule has 1 atom stereocenters. The zero-order chi connectivity index (χ0) is 14.4. The van der Waals surface area contributed by atoms with Crippen LogP contribution < -0.4 is 10.5 Å². The fourth-order valence-corrected chi connectivity index (χ4v) is 1.92. The molecule has 20 heavy (non-hydrogen) atoms. The molecule has 2 rings (SSSR count). The van der Waals surface area contributed by atoms with Crippen molar-refractivity contribution in [1.29, 1.82) is 0 Å². The lowest BCUT2D eigenvalue weighted by Gasteiger charge is -2.09. The summed E-state index contributed by atoms with van der Waals surface area (Å²) in [6.45, 7) is 2.70. The summed E-state index contributed by atoms with van der Waals surface area (Å²) in [6.07, 6.45) is 0.917. The Balaban J connectivity index is 1.98. The highest BCUT2D eigenvalue weighted by Gasteiger charge is 2.01. The van der Waals surface area contributed by atoms with Crippen LogP contribution >= 0.6 is 0 Å². The van der Waals surface area contributed by atoms with Gasteiger partial charge in [0.2, 0.25) is 0 Å². The summed E-state index contributed by atoms with van der Waals surface area (Å²) in [5.41, 5.74) is 8.17. The fraction of sp³-hybridized carbons (Fsp3) is 0.294. The molecule has 0 saturated heterocycles. The van der Waals surface area contributed by atoms with Crippen LogP contribution in [0.25, 0.3) is 0 Å². The van der Waals surface area contributed by atoms with Gasteiger partial charge in [-0.25, -0.2) is 0 Å². The highest BCUT2D eigenvalue weighted by atomic mass is 16.5. The Labute approximate surface area is 120 Å². The molecule has 0 unspecified atom stereocenters. The van der Waals surface area contributed by atoms with Gasteiger partial charge < -0.3 is 15.2 Å². The summed E-state index contributed by atoms with van der Waals surface area (Å²) < 4.78 is 10.9. The lowest BCUT2D eigenvalue weighted by atomic mass is 10.1. The summed E-state index contributed by atoms with van der Waals surface area (Å²) in [5.74, 6) is 1.65. The normalized spacial score (nSPS) is 12.2. The summed E-state index contributed by atoms with van der Waals surface area (Å²) in [7, 11) is 1.71. The van der Waals surface area contributed by atoms with E-state index in [0.29, 0.717) is 0 Å². The predicted molar refractivity (Wildman–Crippen MR) is 81.1 cm³/mol. The molecular weight excluding hydrogens is 250 g/mol. The number of nitrogens with two attached hydrogens (primary N) is 1. The van der Waals surface area contributed by atoms with Crippen molar-refractivity contribution in [3.05, 3.63) is 59.7 Å². The van der Waals surface area contributed by atoms with Crippen molar-refractivity contribution in [3.8, 4) is 11.5 Å². The van der Waals surface area contributed by atoms with Crippen LogP contribution in [0.4, 0.5) is 0 Å². The highest BCUT2D eigenvalue weighted by molar-refractivity contribution is 5.35. The van der Waals surface area contributed by atoms with Gasteiger partial charge in [-0.05, 0) is 48.7 Å². The molecular formula is C17H21NO2. The van der Waals surface area contributed by atoms with E-state index in [1.54, 1.807) is 7.11 Å². The second-order valence-electron chi connectivity index (χ2n) is 4.85. The molecule has 0 aromatic heterocycles. The van der Waals surface area contributed by atoms with Crippen molar-refractivity contribution in [2.75, 3.05) is 13.7 Å². The molecule has 0 aliphatic carbocycles. The number of hydrogen-bond donors (Lipinski definition) is 1. The summed E-state index contributed by atoms with van der Waals surface area (Å²) >= 11 is 0. The van der Waals surface area contributed by atoms with E-state index in [1.165, 1.54) is 5.56 Å². The van der Waals surface area contributed by atoms with Crippen LogP contribution in [0.15, 0.2) is 48.5 Å². The molecule has 0 spiro atoms. The summed E-state index contributed by atoms with van der Waals surface area (Å²) in [5, 5.41) is 0. The van der Waals surface area contributed by atoms with E-state index in [4.69, 9.17) is 15.2 Å². The quantitative estimate of drug-likeness (QED) is 0.871. The molecule has 0 heterocycles. The minimum absolute atomic E-state index is 0.0455. The number of benzene rings is 2. The Kier molecular flexibility index (Phi) is 5.16. The molecule has 0 bridgehead atoms. The van der Waals surface area contributed by atoms with Crippen molar-refractivity contribution in [3.63, 3.8) is 0 Å². The van der Waals surface area contributed by atoms with Gasteiger partial charge in [0.25, 0.3) is 0 Å². The van der Waals surface area contributed by atoms with Crippen LogP contribution in [0.3, 0.4) is 0 Å². The minimum Gasteiger partial charge on any atom is -0.457 e. The van der Waals surface area contributed by atoms with Gasteiger partial charge in [0.05, 0.1) is 6.61 Å². The molecule has 0 amide bonds. The predicted octanol–water partition coefficient (Wildman–Crippen LogP) is 3.69. The van der Waals surface area contributed by atoms with Crippen LogP contribution in [0.2, 0.25) is 0 Å². The zero-order valence-electron chi connectivity index (χ0n) is 12.0. The van der Waals surface area contributed by atoms with Gasteiger partial charge in [-0.2, -0.15) is 0 Å². The molecule has 0 radical (unpaired) electrons. The maximum Gasteiger partial charge on any atom is 0.127 e. The highest BCUT2D eigenvalue weighted by Crippen LogP contribution is 2.23. The summed E-state index contributed by atoms with van der Waals surface area (Å²) in [4.78, 5) is 0. The smallest absolute Gasteiger partial charge is 0.127 e.